The molecule has 1 atom stereocenters. The smallest absolute Gasteiger partial charge is 0.245 e. The average Bonchev–Trinajstić information content (AvgIpc) is 3.01. The molecule has 148 valence electrons. The van der Waals surface area contributed by atoms with E-state index < -0.39 is 0 Å². The molecule has 1 aromatic rings. The number of amides is 2. The van der Waals surface area contributed by atoms with Crippen LogP contribution < -0.4 is 5.32 Å². The van der Waals surface area contributed by atoms with E-state index in [4.69, 9.17) is 4.74 Å². The summed E-state index contributed by atoms with van der Waals surface area (Å²) in [5, 5.41) is 5.10. The fourth-order valence-corrected chi connectivity index (χ4v) is 3.50. The Balaban J connectivity index is 2.60. The molecule has 0 aliphatic carbocycles. The van der Waals surface area contributed by atoms with E-state index in [1.807, 2.05) is 6.92 Å². The fourth-order valence-electron chi connectivity index (χ4n) is 2.96. The number of rotatable bonds is 11. The standard InChI is InChI=1S/C19H33N3O3S/c1-6-25-10-7-9-22(14-16(23)21-18-20-8-11-26-18)17(24)12-15(2)13-19(3,4)5/h8,11,15H,6-7,9-10,12-14H2,1-5H3,(H,20,21,23). The Morgan fingerprint density at radius 2 is 2.12 bits per heavy atom. The van der Waals surface area contributed by atoms with E-state index in [1.165, 1.54) is 11.3 Å². The van der Waals surface area contributed by atoms with Gasteiger partial charge in [0.15, 0.2) is 5.13 Å². The van der Waals surface area contributed by atoms with Crippen LogP contribution in [0.25, 0.3) is 0 Å². The van der Waals surface area contributed by atoms with Crippen molar-refractivity contribution < 1.29 is 14.3 Å². The number of aromatic nitrogens is 1. The lowest BCUT2D eigenvalue weighted by atomic mass is 9.84. The van der Waals surface area contributed by atoms with Crippen molar-refractivity contribution in [2.45, 2.75) is 53.9 Å². The van der Waals surface area contributed by atoms with Crippen LogP contribution in [0.2, 0.25) is 0 Å². The van der Waals surface area contributed by atoms with Gasteiger partial charge in [-0.1, -0.05) is 27.7 Å². The molecule has 0 saturated carbocycles. The van der Waals surface area contributed by atoms with Crippen LogP contribution in [0.3, 0.4) is 0 Å². The lowest BCUT2D eigenvalue weighted by Crippen LogP contribution is -2.39. The van der Waals surface area contributed by atoms with Crippen LogP contribution in [-0.4, -0.2) is 48.0 Å². The van der Waals surface area contributed by atoms with Gasteiger partial charge in [-0.05, 0) is 31.1 Å². The summed E-state index contributed by atoms with van der Waals surface area (Å²) in [5.41, 5.74) is 0.182. The van der Waals surface area contributed by atoms with Crippen LogP contribution in [0.5, 0.6) is 0 Å². The van der Waals surface area contributed by atoms with Crippen molar-refractivity contribution in [3.63, 3.8) is 0 Å². The van der Waals surface area contributed by atoms with Crippen molar-refractivity contribution in [1.29, 1.82) is 0 Å². The topological polar surface area (TPSA) is 71.5 Å². The molecular weight excluding hydrogens is 350 g/mol. The number of nitrogens with one attached hydrogen (secondary N) is 1. The van der Waals surface area contributed by atoms with Gasteiger partial charge in [0.05, 0.1) is 6.54 Å². The van der Waals surface area contributed by atoms with Crippen molar-refractivity contribution in [2.24, 2.45) is 11.3 Å². The third kappa shape index (κ3) is 9.87. The van der Waals surface area contributed by atoms with Gasteiger partial charge >= 0.3 is 0 Å². The van der Waals surface area contributed by atoms with Crippen molar-refractivity contribution in [3.05, 3.63) is 11.6 Å². The Kier molecular flexibility index (Phi) is 9.80. The highest BCUT2D eigenvalue weighted by Crippen LogP contribution is 2.26. The van der Waals surface area contributed by atoms with E-state index in [0.29, 0.717) is 31.3 Å². The van der Waals surface area contributed by atoms with Gasteiger partial charge in [0.25, 0.3) is 0 Å². The molecule has 1 heterocycles. The number of anilines is 1. The number of hydrogen-bond donors (Lipinski definition) is 1. The lowest BCUT2D eigenvalue weighted by molar-refractivity contribution is -0.135. The molecule has 0 saturated heterocycles. The van der Waals surface area contributed by atoms with Crippen molar-refractivity contribution >= 4 is 28.3 Å². The Labute approximate surface area is 161 Å². The molecule has 0 bridgehead atoms. The first-order valence-electron chi connectivity index (χ1n) is 9.26. The van der Waals surface area contributed by atoms with Gasteiger partial charge in [-0.3, -0.25) is 9.59 Å². The maximum Gasteiger partial charge on any atom is 0.245 e. The Morgan fingerprint density at radius 1 is 1.38 bits per heavy atom. The molecule has 0 aromatic carbocycles. The predicted octanol–water partition coefficient (Wildman–Crippen LogP) is 3.80. The zero-order valence-corrected chi connectivity index (χ0v) is 17.5. The zero-order valence-electron chi connectivity index (χ0n) is 16.7. The summed E-state index contributed by atoms with van der Waals surface area (Å²) in [6.45, 7) is 12.4. The van der Waals surface area contributed by atoms with E-state index in [0.717, 1.165) is 12.8 Å². The van der Waals surface area contributed by atoms with E-state index >= 15 is 0 Å². The van der Waals surface area contributed by atoms with Gasteiger partial charge in [-0.15, -0.1) is 11.3 Å². The summed E-state index contributed by atoms with van der Waals surface area (Å²) < 4.78 is 5.35. The molecular formula is C19H33N3O3S. The minimum absolute atomic E-state index is 0.0209. The van der Waals surface area contributed by atoms with Crippen molar-refractivity contribution in [2.75, 3.05) is 31.6 Å². The normalized spacial score (nSPS) is 12.7. The molecule has 1 rings (SSSR count). The Morgan fingerprint density at radius 3 is 2.69 bits per heavy atom. The quantitative estimate of drug-likeness (QED) is 0.590. The summed E-state index contributed by atoms with van der Waals surface area (Å²) >= 11 is 1.36. The fraction of sp³-hybridized carbons (Fsp3) is 0.737. The molecule has 1 unspecified atom stereocenters. The highest BCUT2D eigenvalue weighted by Gasteiger charge is 2.22. The van der Waals surface area contributed by atoms with Crippen LogP contribution in [0.4, 0.5) is 5.13 Å². The Hall–Kier alpha value is -1.47. The van der Waals surface area contributed by atoms with Crippen LogP contribution in [0.15, 0.2) is 11.6 Å². The van der Waals surface area contributed by atoms with Crippen LogP contribution in [0, 0.1) is 11.3 Å². The van der Waals surface area contributed by atoms with Gasteiger partial charge in [0.2, 0.25) is 11.8 Å². The zero-order chi connectivity index (χ0) is 19.6. The molecule has 0 aliphatic heterocycles. The second-order valence-corrected chi connectivity index (χ2v) is 8.72. The van der Waals surface area contributed by atoms with Crippen LogP contribution >= 0.6 is 11.3 Å². The molecule has 2 amide bonds. The second-order valence-electron chi connectivity index (χ2n) is 7.83. The minimum Gasteiger partial charge on any atom is -0.382 e. The van der Waals surface area contributed by atoms with E-state index in [-0.39, 0.29) is 29.7 Å². The van der Waals surface area contributed by atoms with Gasteiger partial charge in [0.1, 0.15) is 0 Å². The number of thiazole rings is 1. The second kappa shape index (κ2) is 11.3. The molecule has 1 N–H and O–H groups in total. The average molecular weight is 384 g/mol. The first-order valence-corrected chi connectivity index (χ1v) is 10.1. The summed E-state index contributed by atoms with van der Waals surface area (Å²) in [4.78, 5) is 30.7. The monoisotopic (exact) mass is 383 g/mol. The molecule has 0 fully saturated rings. The van der Waals surface area contributed by atoms with Crippen LogP contribution in [-0.2, 0) is 14.3 Å². The maximum atomic E-state index is 12.7. The van der Waals surface area contributed by atoms with Crippen molar-refractivity contribution in [1.82, 2.24) is 9.88 Å². The van der Waals surface area contributed by atoms with Gasteiger partial charge < -0.3 is 15.0 Å². The van der Waals surface area contributed by atoms with Crippen LogP contribution in [0.1, 0.15) is 53.9 Å². The first kappa shape index (κ1) is 22.6. The van der Waals surface area contributed by atoms with Gasteiger partial charge in [-0.25, -0.2) is 4.98 Å². The summed E-state index contributed by atoms with van der Waals surface area (Å²) in [6, 6.07) is 0. The minimum atomic E-state index is -0.215. The molecule has 1 aromatic heterocycles. The van der Waals surface area contributed by atoms with Gasteiger partial charge in [-0.2, -0.15) is 0 Å². The number of carbonyl (C=O) groups is 2. The third-order valence-electron chi connectivity index (χ3n) is 3.77. The number of nitrogens with zero attached hydrogens (tertiary/aromatic N) is 2. The van der Waals surface area contributed by atoms with E-state index in [1.54, 1.807) is 16.5 Å². The molecule has 26 heavy (non-hydrogen) atoms. The van der Waals surface area contributed by atoms with Crippen molar-refractivity contribution in [3.8, 4) is 0 Å². The largest absolute Gasteiger partial charge is 0.382 e. The van der Waals surface area contributed by atoms with Gasteiger partial charge in [0, 0.05) is 37.8 Å². The first-order chi connectivity index (χ1) is 12.2. The number of ether oxygens (including phenoxy) is 1. The highest BCUT2D eigenvalue weighted by molar-refractivity contribution is 7.13. The lowest BCUT2D eigenvalue weighted by Gasteiger charge is -2.26. The molecule has 6 nitrogen and oxygen atoms in total. The molecule has 0 spiro atoms. The SMILES string of the molecule is CCOCCCN(CC(=O)Nc1nccs1)C(=O)CC(C)CC(C)(C)C. The molecule has 0 radical (unpaired) electrons. The highest BCUT2D eigenvalue weighted by atomic mass is 32.1. The van der Waals surface area contributed by atoms with E-state index in [9.17, 15) is 9.59 Å². The third-order valence-corrected chi connectivity index (χ3v) is 4.46. The number of carbonyl (C=O) groups excluding carboxylic acids is 2. The maximum absolute atomic E-state index is 12.7. The molecule has 7 heteroatoms. The number of hydrogen-bond acceptors (Lipinski definition) is 5. The summed E-state index contributed by atoms with van der Waals surface area (Å²) in [6.07, 6.45) is 3.78. The summed E-state index contributed by atoms with van der Waals surface area (Å²) in [5.74, 6) is 0.0830. The summed E-state index contributed by atoms with van der Waals surface area (Å²) in [7, 11) is 0. The van der Waals surface area contributed by atoms with E-state index in [2.05, 4.69) is 38.0 Å². The predicted molar refractivity (Wildman–Crippen MR) is 106 cm³/mol. The Bertz CT molecular complexity index is 541. The molecule has 0 aliphatic rings.